The number of hydrogen-bond acceptors (Lipinski definition) is 7. The van der Waals surface area contributed by atoms with Gasteiger partial charge in [0.05, 0.1) is 19.3 Å². The smallest absolute Gasteiger partial charge is 0.424 e. The molecule has 13 heteroatoms. The fourth-order valence-electron chi connectivity index (χ4n) is 5.41. The Morgan fingerprint density at radius 3 is 2.49 bits per heavy atom. The van der Waals surface area contributed by atoms with E-state index in [4.69, 9.17) is 15.2 Å². The van der Waals surface area contributed by atoms with Crippen LogP contribution in [0.1, 0.15) is 52.9 Å². The van der Waals surface area contributed by atoms with Gasteiger partial charge in [0.1, 0.15) is 40.5 Å². The topological polar surface area (TPSA) is 137 Å². The minimum Gasteiger partial charge on any atom is -0.494 e. The first-order valence-corrected chi connectivity index (χ1v) is 14.0. The summed E-state index contributed by atoms with van der Waals surface area (Å²) in [5, 5.41) is 14.1. The summed E-state index contributed by atoms with van der Waals surface area (Å²) >= 11 is 0. The molecule has 3 heterocycles. The standard InChI is InChI=1S/C32H28F4N4O5/c1-30(29(37)42)15-45-27-22(30)12-24(40-26(27)17-5-7-21(33)8-6-17)31(43,32(34,35)36)14-39-28(41)19-9-18-10-20(16-3-4-16)13-38-25(18)23(11-19)44-2/h5-13,16,43H,3-4,14-15H2,1-2H3,(H2,37,42)(H,39,41)/t30-,31?/m0/s1. The summed E-state index contributed by atoms with van der Waals surface area (Å²) in [6, 6.07) is 10.3. The van der Waals surface area contributed by atoms with Crippen LogP contribution in [0.2, 0.25) is 0 Å². The van der Waals surface area contributed by atoms with Crippen LogP contribution in [0.5, 0.6) is 11.5 Å². The van der Waals surface area contributed by atoms with Crippen LogP contribution in [0.4, 0.5) is 17.6 Å². The summed E-state index contributed by atoms with van der Waals surface area (Å²) in [5.74, 6) is -1.80. The molecule has 0 saturated heterocycles. The van der Waals surface area contributed by atoms with Gasteiger partial charge in [0, 0.05) is 28.3 Å². The fourth-order valence-corrected chi connectivity index (χ4v) is 5.41. The number of halogens is 4. The number of methoxy groups -OCH3 is 1. The minimum atomic E-state index is -5.35. The van der Waals surface area contributed by atoms with E-state index in [1.54, 1.807) is 6.20 Å². The van der Waals surface area contributed by atoms with Gasteiger partial charge in [-0.15, -0.1) is 0 Å². The molecule has 1 fully saturated rings. The number of ether oxygens (including phenoxy) is 2. The van der Waals surface area contributed by atoms with Gasteiger partial charge in [-0.2, -0.15) is 13.2 Å². The molecule has 1 saturated carbocycles. The van der Waals surface area contributed by atoms with E-state index in [0.29, 0.717) is 16.8 Å². The van der Waals surface area contributed by atoms with E-state index >= 15 is 0 Å². The predicted molar refractivity (Wildman–Crippen MR) is 154 cm³/mol. The van der Waals surface area contributed by atoms with Gasteiger partial charge in [-0.25, -0.2) is 9.37 Å². The van der Waals surface area contributed by atoms with Crippen molar-refractivity contribution in [1.29, 1.82) is 0 Å². The normalized spacial score (nSPS) is 19.0. The van der Waals surface area contributed by atoms with Crippen molar-refractivity contribution in [3.8, 4) is 22.8 Å². The van der Waals surface area contributed by atoms with Gasteiger partial charge in [-0.05, 0) is 79.8 Å². The molecule has 0 radical (unpaired) electrons. The molecule has 2 aromatic heterocycles. The molecule has 2 amide bonds. The van der Waals surface area contributed by atoms with Crippen molar-refractivity contribution in [3.05, 3.63) is 82.9 Å². The molecular formula is C32H28F4N4O5. The van der Waals surface area contributed by atoms with Crippen molar-refractivity contribution in [2.24, 2.45) is 5.73 Å². The van der Waals surface area contributed by atoms with Crippen molar-refractivity contribution in [3.63, 3.8) is 0 Å². The van der Waals surface area contributed by atoms with Crippen LogP contribution in [-0.2, 0) is 15.8 Å². The number of amides is 2. The predicted octanol–water partition coefficient (Wildman–Crippen LogP) is 4.64. The van der Waals surface area contributed by atoms with E-state index in [2.05, 4.69) is 15.3 Å². The molecule has 0 bridgehead atoms. The zero-order chi connectivity index (χ0) is 32.3. The second-order valence-electron chi connectivity index (χ2n) is 11.6. The van der Waals surface area contributed by atoms with E-state index in [-0.39, 0.29) is 40.5 Å². The van der Waals surface area contributed by atoms with Gasteiger partial charge in [-0.3, -0.25) is 14.6 Å². The zero-order valence-corrected chi connectivity index (χ0v) is 24.2. The lowest BCUT2D eigenvalue weighted by molar-refractivity contribution is -0.265. The lowest BCUT2D eigenvalue weighted by atomic mass is 9.81. The molecule has 45 heavy (non-hydrogen) atoms. The van der Waals surface area contributed by atoms with Crippen LogP contribution in [0.15, 0.2) is 54.7 Å². The highest BCUT2D eigenvalue weighted by molar-refractivity contribution is 6.00. The molecule has 9 nitrogen and oxygen atoms in total. The van der Waals surface area contributed by atoms with E-state index in [1.807, 2.05) is 6.07 Å². The van der Waals surface area contributed by atoms with Crippen LogP contribution in [-0.4, -0.2) is 53.3 Å². The third-order valence-corrected chi connectivity index (χ3v) is 8.43. The first kappa shape index (κ1) is 30.3. The number of alkyl halides is 3. The number of fused-ring (bicyclic) bond motifs is 2. The molecule has 234 valence electrons. The molecule has 2 aliphatic rings. The number of aromatic nitrogens is 2. The SMILES string of the molecule is COc1cc(C(=O)NCC(O)(c2cc3c(c(-c4ccc(F)cc4)n2)OC[C@]3(C)C(N)=O)C(F)(F)F)cc2cc(C3CC3)cnc12. The monoisotopic (exact) mass is 624 g/mol. The molecule has 1 aliphatic heterocycles. The van der Waals surface area contributed by atoms with E-state index < -0.39 is 47.1 Å². The highest BCUT2D eigenvalue weighted by Gasteiger charge is 2.57. The number of carbonyl (C=O) groups excluding carboxylic acids is 2. The fraction of sp³-hybridized carbons (Fsp3) is 0.312. The van der Waals surface area contributed by atoms with E-state index in [1.165, 1.54) is 38.3 Å². The highest BCUT2D eigenvalue weighted by Crippen LogP contribution is 2.48. The van der Waals surface area contributed by atoms with Crippen molar-refractivity contribution in [2.45, 2.75) is 42.9 Å². The summed E-state index contributed by atoms with van der Waals surface area (Å²) in [6.07, 6.45) is -1.58. The van der Waals surface area contributed by atoms with E-state index in [0.717, 1.165) is 36.6 Å². The Hall–Kier alpha value is -4.78. The highest BCUT2D eigenvalue weighted by atomic mass is 19.4. The average Bonchev–Trinajstić information content (AvgIpc) is 3.81. The third-order valence-electron chi connectivity index (χ3n) is 8.43. The van der Waals surface area contributed by atoms with Crippen molar-refractivity contribution in [2.75, 3.05) is 20.3 Å². The Bertz CT molecular complexity index is 1840. The van der Waals surface area contributed by atoms with E-state index in [9.17, 15) is 32.3 Å². The summed E-state index contributed by atoms with van der Waals surface area (Å²) in [5.41, 5.74) is 0.829. The molecule has 2 atom stereocenters. The second-order valence-corrected chi connectivity index (χ2v) is 11.6. The Morgan fingerprint density at radius 1 is 1.16 bits per heavy atom. The average molecular weight is 625 g/mol. The lowest BCUT2D eigenvalue weighted by Crippen LogP contribution is -2.51. The first-order chi connectivity index (χ1) is 21.2. The largest absolute Gasteiger partial charge is 0.494 e. The Balaban J connectivity index is 1.40. The molecule has 1 aliphatic carbocycles. The number of hydrogen-bond donors (Lipinski definition) is 3. The molecule has 4 N–H and O–H groups in total. The molecule has 6 rings (SSSR count). The van der Waals surface area contributed by atoms with Gasteiger partial charge in [-0.1, -0.05) is 0 Å². The number of nitrogens with one attached hydrogen (secondary N) is 1. The van der Waals surface area contributed by atoms with Gasteiger partial charge < -0.3 is 25.6 Å². The maximum atomic E-state index is 14.7. The molecule has 1 unspecified atom stereocenters. The zero-order valence-electron chi connectivity index (χ0n) is 24.2. The van der Waals surface area contributed by atoms with Gasteiger partial charge >= 0.3 is 6.18 Å². The van der Waals surface area contributed by atoms with Crippen LogP contribution >= 0.6 is 0 Å². The van der Waals surface area contributed by atoms with Crippen LogP contribution in [0, 0.1) is 5.82 Å². The van der Waals surface area contributed by atoms with Crippen molar-refractivity contribution < 1.29 is 41.7 Å². The first-order valence-electron chi connectivity index (χ1n) is 14.0. The number of rotatable bonds is 8. The van der Waals surface area contributed by atoms with Crippen molar-refractivity contribution in [1.82, 2.24) is 15.3 Å². The number of benzene rings is 2. The molecule has 2 aromatic carbocycles. The lowest BCUT2D eigenvalue weighted by Gasteiger charge is -2.31. The number of carbonyl (C=O) groups is 2. The molecular weight excluding hydrogens is 596 g/mol. The summed E-state index contributed by atoms with van der Waals surface area (Å²) < 4.78 is 69.0. The summed E-state index contributed by atoms with van der Waals surface area (Å²) in [6.45, 7) is -0.234. The molecule has 0 spiro atoms. The third kappa shape index (κ3) is 5.20. The number of nitrogens with zero attached hydrogens (tertiary/aromatic N) is 2. The van der Waals surface area contributed by atoms with Crippen LogP contribution in [0.3, 0.4) is 0 Å². The Labute approximate surface area is 254 Å². The Kier molecular flexibility index (Phi) is 7.18. The number of primary amides is 1. The van der Waals surface area contributed by atoms with Crippen LogP contribution in [0.25, 0.3) is 22.2 Å². The Morgan fingerprint density at radius 2 is 1.87 bits per heavy atom. The van der Waals surface area contributed by atoms with Crippen molar-refractivity contribution >= 4 is 22.7 Å². The quantitative estimate of drug-likeness (QED) is 0.243. The number of nitrogens with two attached hydrogens (primary N) is 1. The van der Waals surface area contributed by atoms with Crippen LogP contribution < -0.4 is 20.5 Å². The maximum Gasteiger partial charge on any atom is 0.424 e. The van der Waals surface area contributed by atoms with Gasteiger partial charge in [0.15, 0.2) is 0 Å². The number of pyridine rings is 2. The van der Waals surface area contributed by atoms with Gasteiger partial charge in [0.25, 0.3) is 5.91 Å². The minimum absolute atomic E-state index is 0.0118. The summed E-state index contributed by atoms with van der Waals surface area (Å²) in [7, 11) is 1.39. The second kappa shape index (κ2) is 10.7. The molecule has 4 aromatic rings. The summed E-state index contributed by atoms with van der Waals surface area (Å²) in [4.78, 5) is 34.3. The maximum absolute atomic E-state index is 14.7. The number of aliphatic hydroxyl groups is 1. The van der Waals surface area contributed by atoms with Gasteiger partial charge in [0.2, 0.25) is 11.5 Å².